The van der Waals surface area contributed by atoms with Gasteiger partial charge in [0.05, 0.1) is 0 Å². The molecule has 0 aliphatic heterocycles. The molecule has 0 bridgehead atoms. The van der Waals surface area contributed by atoms with Gasteiger partial charge in [-0.15, -0.1) is 0 Å². The molecule has 1 rings (SSSR count). The standard InChI is InChI=1S/C14H29NS/c1-5-12-6-8-13(9-7-12)14(15-4)10-16-11(2)3/h11-15H,5-10H2,1-4H3. The van der Waals surface area contributed by atoms with E-state index < -0.39 is 0 Å². The van der Waals surface area contributed by atoms with Gasteiger partial charge in [-0.05, 0) is 37.0 Å². The van der Waals surface area contributed by atoms with E-state index in [-0.39, 0.29) is 0 Å². The van der Waals surface area contributed by atoms with Gasteiger partial charge in [-0.1, -0.05) is 40.0 Å². The quantitative estimate of drug-likeness (QED) is 0.758. The first-order valence-electron chi connectivity index (χ1n) is 6.96. The van der Waals surface area contributed by atoms with Crippen molar-refractivity contribution in [3.05, 3.63) is 0 Å². The Labute approximate surface area is 106 Å². The number of hydrogen-bond donors (Lipinski definition) is 1. The Morgan fingerprint density at radius 3 is 2.25 bits per heavy atom. The maximum Gasteiger partial charge on any atom is 0.0183 e. The van der Waals surface area contributed by atoms with Gasteiger partial charge in [0.2, 0.25) is 0 Å². The highest BCUT2D eigenvalue weighted by Gasteiger charge is 2.26. The van der Waals surface area contributed by atoms with Gasteiger partial charge in [-0.25, -0.2) is 0 Å². The third-order valence-corrected chi connectivity index (χ3v) is 5.24. The van der Waals surface area contributed by atoms with Crippen molar-refractivity contribution in [3.63, 3.8) is 0 Å². The molecule has 0 saturated heterocycles. The van der Waals surface area contributed by atoms with E-state index in [1.807, 2.05) is 0 Å². The van der Waals surface area contributed by atoms with Crippen LogP contribution in [0.4, 0.5) is 0 Å². The fourth-order valence-electron chi connectivity index (χ4n) is 2.75. The topological polar surface area (TPSA) is 12.0 Å². The van der Waals surface area contributed by atoms with Gasteiger partial charge in [-0.3, -0.25) is 0 Å². The van der Waals surface area contributed by atoms with Gasteiger partial charge in [0.15, 0.2) is 0 Å². The summed E-state index contributed by atoms with van der Waals surface area (Å²) >= 11 is 2.10. The van der Waals surface area contributed by atoms with Crippen molar-refractivity contribution in [1.29, 1.82) is 0 Å². The number of nitrogens with one attached hydrogen (secondary N) is 1. The minimum Gasteiger partial charge on any atom is -0.316 e. The van der Waals surface area contributed by atoms with Crippen molar-refractivity contribution in [1.82, 2.24) is 5.32 Å². The molecule has 2 heteroatoms. The molecule has 0 aromatic rings. The fourth-order valence-corrected chi connectivity index (χ4v) is 3.78. The molecular weight excluding hydrogens is 214 g/mol. The summed E-state index contributed by atoms with van der Waals surface area (Å²) in [6.45, 7) is 6.94. The van der Waals surface area contributed by atoms with Crippen LogP contribution in [0.15, 0.2) is 0 Å². The zero-order valence-corrected chi connectivity index (χ0v) is 12.3. The first-order chi connectivity index (χ1) is 7.67. The molecule has 1 nitrogen and oxygen atoms in total. The van der Waals surface area contributed by atoms with E-state index in [2.05, 4.69) is 44.9 Å². The Morgan fingerprint density at radius 1 is 1.19 bits per heavy atom. The zero-order valence-electron chi connectivity index (χ0n) is 11.5. The minimum atomic E-state index is 0.741. The van der Waals surface area contributed by atoms with Gasteiger partial charge >= 0.3 is 0 Å². The van der Waals surface area contributed by atoms with E-state index in [4.69, 9.17) is 0 Å². The summed E-state index contributed by atoms with van der Waals surface area (Å²) in [6, 6.07) is 0.741. The molecule has 16 heavy (non-hydrogen) atoms. The summed E-state index contributed by atoms with van der Waals surface area (Å²) in [4.78, 5) is 0. The number of hydrogen-bond acceptors (Lipinski definition) is 2. The lowest BCUT2D eigenvalue weighted by atomic mass is 9.78. The molecule has 0 heterocycles. The maximum atomic E-state index is 3.54. The van der Waals surface area contributed by atoms with Crippen molar-refractivity contribution >= 4 is 11.8 Å². The van der Waals surface area contributed by atoms with Crippen molar-refractivity contribution in [2.45, 2.75) is 64.2 Å². The lowest BCUT2D eigenvalue weighted by Crippen LogP contribution is -2.38. The lowest BCUT2D eigenvalue weighted by Gasteiger charge is -2.33. The first kappa shape index (κ1) is 14.4. The van der Waals surface area contributed by atoms with Crippen molar-refractivity contribution in [3.8, 4) is 0 Å². The van der Waals surface area contributed by atoms with Crippen LogP contribution in [0.1, 0.15) is 52.9 Å². The molecular formula is C14H29NS. The SMILES string of the molecule is CCC1CCC(C(CSC(C)C)NC)CC1. The Kier molecular flexibility index (Phi) is 6.83. The maximum absolute atomic E-state index is 3.54. The van der Waals surface area contributed by atoms with Crippen LogP contribution in [-0.2, 0) is 0 Å². The normalized spacial score (nSPS) is 28.3. The summed E-state index contributed by atoms with van der Waals surface area (Å²) in [5, 5.41) is 4.31. The van der Waals surface area contributed by atoms with Gasteiger partial charge in [0, 0.05) is 11.8 Å². The van der Waals surface area contributed by atoms with Crippen LogP contribution in [0.25, 0.3) is 0 Å². The highest BCUT2D eigenvalue weighted by molar-refractivity contribution is 7.99. The minimum absolute atomic E-state index is 0.741. The highest BCUT2D eigenvalue weighted by atomic mass is 32.2. The van der Waals surface area contributed by atoms with Gasteiger partial charge in [-0.2, -0.15) is 11.8 Å². The molecule has 1 fully saturated rings. The molecule has 1 aliphatic carbocycles. The van der Waals surface area contributed by atoms with Crippen LogP contribution >= 0.6 is 11.8 Å². The molecule has 1 atom stereocenters. The van der Waals surface area contributed by atoms with E-state index >= 15 is 0 Å². The smallest absolute Gasteiger partial charge is 0.0183 e. The molecule has 0 aromatic carbocycles. The van der Waals surface area contributed by atoms with Gasteiger partial charge in [0.25, 0.3) is 0 Å². The second kappa shape index (κ2) is 7.60. The van der Waals surface area contributed by atoms with E-state index in [9.17, 15) is 0 Å². The van der Waals surface area contributed by atoms with E-state index in [1.165, 1.54) is 37.9 Å². The van der Waals surface area contributed by atoms with E-state index in [1.54, 1.807) is 0 Å². The summed E-state index contributed by atoms with van der Waals surface area (Å²) in [5.41, 5.74) is 0. The predicted octanol–water partition coefficient (Wildman–Crippen LogP) is 3.93. The van der Waals surface area contributed by atoms with Crippen LogP contribution in [0.3, 0.4) is 0 Å². The average molecular weight is 243 g/mol. The molecule has 0 radical (unpaired) electrons. The number of rotatable bonds is 6. The fraction of sp³-hybridized carbons (Fsp3) is 1.00. The van der Waals surface area contributed by atoms with Crippen LogP contribution in [-0.4, -0.2) is 24.1 Å². The molecule has 0 amide bonds. The van der Waals surface area contributed by atoms with Crippen LogP contribution in [0.5, 0.6) is 0 Å². The predicted molar refractivity (Wildman–Crippen MR) is 76.2 cm³/mol. The second-order valence-corrected chi connectivity index (χ2v) is 7.08. The van der Waals surface area contributed by atoms with Crippen LogP contribution in [0.2, 0.25) is 0 Å². The third-order valence-electron chi connectivity index (χ3n) is 4.02. The third kappa shape index (κ3) is 4.67. The second-order valence-electron chi connectivity index (χ2n) is 5.47. The molecule has 0 aromatic heterocycles. The largest absolute Gasteiger partial charge is 0.316 e. The van der Waals surface area contributed by atoms with Gasteiger partial charge in [0.1, 0.15) is 0 Å². The Hall–Kier alpha value is 0.310. The average Bonchev–Trinajstić information content (AvgIpc) is 2.30. The summed E-state index contributed by atoms with van der Waals surface area (Å²) in [5.74, 6) is 3.24. The summed E-state index contributed by atoms with van der Waals surface area (Å²) < 4.78 is 0. The van der Waals surface area contributed by atoms with Crippen LogP contribution < -0.4 is 5.32 Å². The first-order valence-corrected chi connectivity index (χ1v) is 8.01. The lowest BCUT2D eigenvalue weighted by molar-refractivity contribution is 0.233. The Bertz CT molecular complexity index is 174. The summed E-state index contributed by atoms with van der Waals surface area (Å²) in [7, 11) is 2.14. The van der Waals surface area contributed by atoms with Crippen molar-refractivity contribution < 1.29 is 0 Å². The Morgan fingerprint density at radius 2 is 1.81 bits per heavy atom. The molecule has 1 N–H and O–H groups in total. The number of thioether (sulfide) groups is 1. The highest BCUT2D eigenvalue weighted by Crippen LogP contribution is 2.33. The molecule has 96 valence electrons. The van der Waals surface area contributed by atoms with E-state index in [0.717, 1.165) is 23.1 Å². The summed E-state index contributed by atoms with van der Waals surface area (Å²) in [6.07, 6.45) is 7.21. The van der Waals surface area contributed by atoms with Crippen molar-refractivity contribution in [2.24, 2.45) is 11.8 Å². The molecule has 1 saturated carbocycles. The molecule has 0 spiro atoms. The molecule has 1 aliphatic rings. The van der Waals surface area contributed by atoms with Crippen molar-refractivity contribution in [2.75, 3.05) is 12.8 Å². The van der Waals surface area contributed by atoms with Crippen LogP contribution in [0, 0.1) is 11.8 Å². The van der Waals surface area contributed by atoms with Gasteiger partial charge < -0.3 is 5.32 Å². The van der Waals surface area contributed by atoms with E-state index in [0.29, 0.717) is 0 Å². The monoisotopic (exact) mass is 243 g/mol. The Balaban J connectivity index is 2.31. The molecule has 1 unspecified atom stereocenters. The zero-order chi connectivity index (χ0) is 12.0.